The first-order chi connectivity index (χ1) is 11.6. The molecule has 0 aliphatic carbocycles. The Morgan fingerprint density at radius 3 is 2.29 bits per heavy atom. The lowest BCUT2D eigenvalue weighted by atomic mass is 10.2. The van der Waals surface area contributed by atoms with Crippen molar-refractivity contribution in [2.45, 2.75) is 0 Å². The van der Waals surface area contributed by atoms with E-state index in [0.29, 0.717) is 23.1 Å². The Kier molecular flexibility index (Phi) is 4.64. The number of rotatable bonds is 5. The van der Waals surface area contributed by atoms with Gasteiger partial charge in [0.2, 0.25) is 11.0 Å². The van der Waals surface area contributed by atoms with Crippen molar-refractivity contribution in [3.05, 3.63) is 28.9 Å². The molecular weight excluding hydrogens is 350 g/mol. The molecule has 0 aliphatic rings. The highest BCUT2D eigenvalue weighted by Gasteiger charge is 2.19. The number of hydrogen-bond acceptors (Lipinski definition) is 7. The normalized spacial score (nSPS) is 10.7. The highest BCUT2D eigenvalue weighted by molar-refractivity contribution is 7.17. The van der Waals surface area contributed by atoms with E-state index in [1.807, 2.05) is 35.5 Å². The van der Waals surface area contributed by atoms with E-state index >= 15 is 0 Å². The molecule has 3 aromatic rings. The second-order valence-electron chi connectivity index (χ2n) is 4.89. The molecule has 8 heteroatoms. The zero-order valence-electron chi connectivity index (χ0n) is 13.7. The Morgan fingerprint density at radius 2 is 1.71 bits per heavy atom. The van der Waals surface area contributed by atoms with Crippen molar-refractivity contribution in [2.24, 2.45) is 0 Å². The van der Waals surface area contributed by atoms with E-state index in [1.165, 1.54) is 0 Å². The van der Waals surface area contributed by atoms with Crippen LogP contribution in [0.5, 0.6) is 17.2 Å². The maximum atomic E-state index is 6.06. The molecule has 0 amide bonds. The first kappa shape index (κ1) is 16.6. The van der Waals surface area contributed by atoms with E-state index in [2.05, 4.69) is 9.97 Å². The van der Waals surface area contributed by atoms with Crippen molar-refractivity contribution in [2.75, 3.05) is 33.3 Å². The fraction of sp³-hybridized carbons (Fsp3) is 0.250. The minimum atomic E-state index is 0.204. The second kappa shape index (κ2) is 6.70. The van der Waals surface area contributed by atoms with Gasteiger partial charge in [-0.05, 0) is 23.0 Å². The third-order valence-corrected chi connectivity index (χ3v) is 4.68. The van der Waals surface area contributed by atoms with Crippen molar-refractivity contribution in [3.63, 3.8) is 0 Å². The van der Waals surface area contributed by atoms with Crippen molar-refractivity contribution in [1.82, 2.24) is 9.97 Å². The standard InChI is InChI=1S/C16H16ClN3O3S/c1-20(15-14-10(5-6-24-14)18-16(17)19-15)9-7-11(21-2)13(23-4)12(8-9)22-3/h5-8H,1-4H3. The fourth-order valence-electron chi connectivity index (χ4n) is 2.43. The maximum absolute atomic E-state index is 6.06. The average molecular weight is 366 g/mol. The van der Waals surface area contributed by atoms with Crippen LogP contribution in [0.1, 0.15) is 0 Å². The van der Waals surface area contributed by atoms with E-state index < -0.39 is 0 Å². The molecule has 24 heavy (non-hydrogen) atoms. The summed E-state index contributed by atoms with van der Waals surface area (Å²) in [5.74, 6) is 2.40. The summed E-state index contributed by atoms with van der Waals surface area (Å²) in [6.45, 7) is 0. The number of anilines is 2. The number of fused-ring (bicyclic) bond motifs is 1. The molecule has 0 bridgehead atoms. The van der Waals surface area contributed by atoms with E-state index in [-0.39, 0.29) is 5.28 Å². The molecule has 0 radical (unpaired) electrons. The minimum absolute atomic E-state index is 0.204. The molecule has 0 saturated heterocycles. The first-order valence-electron chi connectivity index (χ1n) is 7.03. The van der Waals surface area contributed by atoms with Gasteiger partial charge in [-0.2, -0.15) is 4.98 Å². The monoisotopic (exact) mass is 365 g/mol. The van der Waals surface area contributed by atoms with E-state index in [4.69, 9.17) is 25.8 Å². The average Bonchev–Trinajstić information content (AvgIpc) is 3.07. The fourth-order valence-corrected chi connectivity index (χ4v) is 3.46. The van der Waals surface area contributed by atoms with Crippen LogP contribution in [0, 0.1) is 0 Å². The number of methoxy groups -OCH3 is 3. The molecule has 0 fully saturated rings. The third-order valence-electron chi connectivity index (χ3n) is 3.61. The number of hydrogen-bond donors (Lipinski definition) is 0. The van der Waals surface area contributed by atoms with Gasteiger partial charge in [0.05, 0.1) is 31.5 Å². The van der Waals surface area contributed by atoms with Crippen LogP contribution in [0.2, 0.25) is 5.28 Å². The number of aromatic nitrogens is 2. The van der Waals surface area contributed by atoms with Crippen molar-refractivity contribution in [3.8, 4) is 17.2 Å². The molecule has 3 rings (SSSR count). The number of halogens is 1. The first-order valence-corrected chi connectivity index (χ1v) is 8.29. The molecule has 0 saturated carbocycles. The van der Waals surface area contributed by atoms with Gasteiger partial charge in [0, 0.05) is 24.9 Å². The number of benzene rings is 1. The van der Waals surface area contributed by atoms with Crippen LogP contribution in [0.3, 0.4) is 0 Å². The predicted octanol–water partition coefficient (Wildman–Crippen LogP) is 4.14. The molecule has 0 spiro atoms. The summed E-state index contributed by atoms with van der Waals surface area (Å²) < 4.78 is 17.1. The number of nitrogens with zero attached hydrogens (tertiary/aromatic N) is 3. The summed E-state index contributed by atoms with van der Waals surface area (Å²) in [4.78, 5) is 10.5. The van der Waals surface area contributed by atoms with Crippen LogP contribution in [-0.4, -0.2) is 38.3 Å². The maximum Gasteiger partial charge on any atom is 0.224 e. The van der Waals surface area contributed by atoms with Crippen LogP contribution in [0.25, 0.3) is 10.2 Å². The van der Waals surface area contributed by atoms with Crippen LogP contribution in [0.4, 0.5) is 11.5 Å². The smallest absolute Gasteiger partial charge is 0.224 e. The molecule has 0 atom stereocenters. The second-order valence-corrected chi connectivity index (χ2v) is 6.15. The van der Waals surface area contributed by atoms with Crippen molar-refractivity contribution < 1.29 is 14.2 Å². The quantitative estimate of drug-likeness (QED) is 0.633. The predicted molar refractivity (Wildman–Crippen MR) is 96.6 cm³/mol. The Bertz CT molecular complexity index is 859. The molecule has 0 N–H and O–H groups in total. The van der Waals surface area contributed by atoms with Gasteiger partial charge in [0.25, 0.3) is 0 Å². The largest absolute Gasteiger partial charge is 0.493 e. The van der Waals surface area contributed by atoms with Crippen LogP contribution >= 0.6 is 22.9 Å². The summed E-state index contributed by atoms with van der Waals surface area (Å²) in [6.07, 6.45) is 0. The van der Waals surface area contributed by atoms with Gasteiger partial charge < -0.3 is 19.1 Å². The third kappa shape index (κ3) is 2.81. The molecule has 2 heterocycles. The lowest BCUT2D eigenvalue weighted by molar-refractivity contribution is 0.324. The Balaban J connectivity index is 2.15. The Hall–Kier alpha value is -2.25. The van der Waals surface area contributed by atoms with Crippen molar-refractivity contribution in [1.29, 1.82) is 0 Å². The summed E-state index contributed by atoms with van der Waals surface area (Å²) in [6, 6.07) is 5.63. The molecule has 2 aromatic heterocycles. The van der Waals surface area contributed by atoms with Gasteiger partial charge in [-0.3, -0.25) is 0 Å². The lowest BCUT2D eigenvalue weighted by Gasteiger charge is -2.22. The van der Waals surface area contributed by atoms with Crippen LogP contribution < -0.4 is 19.1 Å². The van der Waals surface area contributed by atoms with Gasteiger partial charge in [-0.1, -0.05) is 0 Å². The van der Waals surface area contributed by atoms with E-state index in [9.17, 15) is 0 Å². The summed E-state index contributed by atoms with van der Waals surface area (Å²) in [5, 5.41) is 2.16. The highest BCUT2D eigenvalue weighted by atomic mass is 35.5. The van der Waals surface area contributed by atoms with Gasteiger partial charge in [-0.15, -0.1) is 11.3 Å². The van der Waals surface area contributed by atoms with Gasteiger partial charge in [0.1, 0.15) is 0 Å². The lowest BCUT2D eigenvalue weighted by Crippen LogP contribution is -2.12. The topological polar surface area (TPSA) is 56.7 Å². The molecule has 126 valence electrons. The molecule has 1 aromatic carbocycles. The molecule has 0 aliphatic heterocycles. The van der Waals surface area contributed by atoms with Crippen LogP contribution in [0.15, 0.2) is 23.6 Å². The Labute approximate surface area is 148 Å². The zero-order chi connectivity index (χ0) is 17.3. The minimum Gasteiger partial charge on any atom is -0.493 e. The van der Waals surface area contributed by atoms with E-state index in [0.717, 1.165) is 15.9 Å². The van der Waals surface area contributed by atoms with Crippen LogP contribution in [-0.2, 0) is 0 Å². The summed E-state index contributed by atoms with van der Waals surface area (Å²) in [5.41, 5.74) is 1.64. The Morgan fingerprint density at radius 1 is 1.04 bits per heavy atom. The molecule has 6 nitrogen and oxygen atoms in total. The SMILES string of the molecule is COc1cc(N(C)c2nc(Cl)nc3ccsc23)cc(OC)c1OC. The summed E-state index contributed by atoms with van der Waals surface area (Å²) >= 11 is 7.62. The number of ether oxygens (including phenoxy) is 3. The highest BCUT2D eigenvalue weighted by Crippen LogP contribution is 2.43. The van der Waals surface area contributed by atoms with Gasteiger partial charge in [0.15, 0.2) is 17.3 Å². The van der Waals surface area contributed by atoms with Gasteiger partial charge in [-0.25, -0.2) is 4.98 Å². The molecule has 0 unspecified atom stereocenters. The molecular formula is C16H16ClN3O3S. The zero-order valence-corrected chi connectivity index (χ0v) is 15.2. The number of thiophene rings is 1. The van der Waals surface area contributed by atoms with Crippen molar-refractivity contribution >= 4 is 44.7 Å². The van der Waals surface area contributed by atoms with Gasteiger partial charge >= 0.3 is 0 Å². The van der Waals surface area contributed by atoms with E-state index in [1.54, 1.807) is 32.7 Å². The summed E-state index contributed by atoms with van der Waals surface area (Å²) in [7, 11) is 6.64.